The number of rotatable bonds is 7. The molecule has 0 aliphatic heterocycles. The maximum absolute atomic E-state index is 12.2. The van der Waals surface area contributed by atoms with E-state index in [-0.39, 0.29) is 6.54 Å². The van der Waals surface area contributed by atoms with Crippen LogP contribution in [-0.4, -0.2) is 24.7 Å². The zero-order chi connectivity index (χ0) is 15.5. The highest BCUT2D eigenvalue weighted by Gasteiger charge is 2.17. The summed E-state index contributed by atoms with van der Waals surface area (Å²) >= 11 is 1.29. The Balaban J connectivity index is 2.01. The molecule has 3 N–H and O–H groups in total. The van der Waals surface area contributed by atoms with Gasteiger partial charge in [-0.3, -0.25) is 5.10 Å². The van der Waals surface area contributed by atoms with Gasteiger partial charge in [0.25, 0.3) is 0 Å². The molecule has 8 heteroatoms. The largest absolute Gasteiger partial charge is 0.310 e. The molecular weight excluding hydrogens is 308 g/mol. The second-order valence-electron chi connectivity index (χ2n) is 5.10. The SMILES string of the molecule is Cc1[nH]ncc1CNS(=O)(=O)c1ccc(CNC(C)C)s1. The minimum Gasteiger partial charge on any atom is -0.310 e. The van der Waals surface area contributed by atoms with Crippen LogP contribution in [0.3, 0.4) is 0 Å². The molecule has 2 rings (SSSR count). The van der Waals surface area contributed by atoms with Gasteiger partial charge < -0.3 is 5.32 Å². The molecule has 2 aromatic heterocycles. The molecule has 0 saturated carbocycles. The van der Waals surface area contributed by atoms with Gasteiger partial charge in [0.1, 0.15) is 4.21 Å². The second-order valence-corrected chi connectivity index (χ2v) is 8.26. The number of sulfonamides is 1. The van der Waals surface area contributed by atoms with Crippen LogP contribution in [0.15, 0.2) is 22.5 Å². The summed E-state index contributed by atoms with van der Waals surface area (Å²) in [5.74, 6) is 0. The van der Waals surface area contributed by atoms with Gasteiger partial charge in [-0.05, 0) is 19.1 Å². The molecule has 0 amide bonds. The molecule has 6 nitrogen and oxygen atoms in total. The van der Waals surface area contributed by atoms with Gasteiger partial charge in [-0.1, -0.05) is 13.8 Å². The molecule has 116 valence electrons. The lowest BCUT2D eigenvalue weighted by molar-refractivity contribution is 0.583. The topological polar surface area (TPSA) is 86.9 Å². The summed E-state index contributed by atoms with van der Waals surface area (Å²) < 4.78 is 27.4. The first-order valence-corrected chi connectivity index (χ1v) is 8.99. The molecule has 0 bridgehead atoms. The molecule has 2 aromatic rings. The van der Waals surface area contributed by atoms with Crippen LogP contribution >= 0.6 is 11.3 Å². The van der Waals surface area contributed by atoms with E-state index in [0.717, 1.165) is 16.1 Å². The fourth-order valence-electron chi connectivity index (χ4n) is 1.70. The Bertz CT molecular complexity index is 689. The van der Waals surface area contributed by atoms with E-state index in [2.05, 4.69) is 34.1 Å². The number of hydrogen-bond donors (Lipinski definition) is 3. The molecular formula is C13H20N4O2S2. The molecule has 0 spiro atoms. The smallest absolute Gasteiger partial charge is 0.250 e. The fourth-order valence-corrected chi connectivity index (χ4v) is 4.06. The van der Waals surface area contributed by atoms with Crippen molar-refractivity contribution < 1.29 is 8.42 Å². The van der Waals surface area contributed by atoms with Gasteiger partial charge in [0.2, 0.25) is 10.0 Å². The number of hydrogen-bond acceptors (Lipinski definition) is 5. The highest BCUT2D eigenvalue weighted by Crippen LogP contribution is 2.21. The van der Waals surface area contributed by atoms with E-state index in [0.29, 0.717) is 16.8 Å². The molecule has 0 aromatic carbocycles. The third-order valence-electron chi connectivity index (χ3n) is 2.97. The van der Waals surface area contributed by atoms with E-state index in [4.69, 9.17) is 0 Å². The number of aryl methyl sites for hydroxylation is 1. The van der Waals surface area contributed by atoms with Crippen molar-refractivity contribution in [3.8, 4) is 0 Å². The number of H-pyrrole nitrogens is 1. The lowest BCUT2D eigenvalue weighted by Crippen LogP contribution is -2.22. The summed E-state index contributed by atoms with van der Waals surface area (Å²) in [4.78, 5) is 1.00. The Morgan fingerprint density at radius 1 is 1.33 bits per heavy atom. The van der Waals surface area contributed by atoms with Gasteiger partial charge in [0, 0.05) is 35.3 Å². The van der Waals surface area contributed by atoms with Gasteiger partial charge in [0.05, 0.1) is 6.20 Å². The van der Waals surface area contributed by atoms with Crippen molar-refractivity contribution in [2.45, 2.75) is 44.1 Å². The third-order valence-corrected chi connectivity index (χ3v) is 5.95. The number of nitrogens with zero attached hydrogens (tertiary/aromatic N) is 1. The number of aromatic nitrogens is 2. The molecule has 0 aliphatic rings. The average Bonchev–Trinajstić information content (AvgIpc) is 3.03. The van der Waals surface area contributed by atoms with Gasteiger partial charge in [-0.2, -0.15) is 5.10 Å². The normalized spacial score (nSPS) is 12.2. The van der Waals surface area contributed by atoms with Crippen molar-refractivity contribution in [2.24, 2.45) is 0 Å². The second kappa shape index (κ2) is 6.69. The van der Waals surface area contributed by atoms with Crippen molar-refractivity contribution in [1.82, 2.24) is 20.2 Å². The Hall–Kier alpha value is -1.22. The van der Waals surface area contributed by atoms with Crippen LogP contribution in [0.4, 0.5) is 0 Å². The van der Waals surface area contributed by atoms with E-state index in [1.54, 1.807) is 12.3 Å². The Kier molecular flexibility index (Phi) is 5.15. The van der Waals surface area contributed by atoms with Crippen LogP contribution in [0.5, 0.6) is 0 Å². The van der Waals surface area contributed by atoms with Crippen molar-refractivity contribution in [3.05, 3.63) is 34.5 Å². The predicted octanol–water partition coefficient (Wildman–Crippen LogP) is 1.76. The first-order valence-electron chi connectivity index (χ1n) is 6.69. The van der Waals surface area contributed by atoms with Crippen LogP contribution in [-0.2, 0) is 23.1 Å². The summed E-state index contributed by atoms with van der Waals surface area (Å²) in [5, 5.41) is 9.93. The maximum atomic E-state index is 12.2. The fraction of sp³-hybridized carbons (Fsp3) is 0.462. The van der Waals surface area contributed by atoms with Crippen molar-refractivity contribution in [3.63, 3.8) is 0 Å². The summed E-state index contributed by atoms with van der Waals surface area (Å²) in [6.45, 7) is 6.89. The molecule has 2 heterocycles. The molecule has 0 saturated heterocycles. The lowest BCUT2D eigenvalue weighted by Gasteiger charge is -2.06. The number of thiophene rings is 1. The van der Waals surface area contributed by atoms with E-state index < -0.39 is 10.0 Å². The Morgan fingerprint density at radius 3 is 2.71 bits per heavy atom. The summed E-state index contributed by atoms with van der Waals surface area (Å²) in [5.41, 5.74) is 1.71. The first-order chi connectivity index (χ1) is 9.88. The van der Waals surface area contributed by atoms with Crippen molar-refractivity contribution in [2.75, 3.05) is 0 Å². The average molecular weight is 328 g/mol. The maximum Gasteiger partial charge on any atom is 0.250 e. The molecule has 0 aliphatic carbocycles. The van der Waals surface area contributed by atoms with Crippen LogP contribution in [0.2, 0.25) is 0 Å². The van der Waals surface area contributed by atoms with Gasteiger partial charge >= 0.3 is 0 Å². The van der Waals surface area contributed by atoms with Crippen LogP contribution < -0.4 is 10.0 Å². The molecule has 21 heavy (non-hydrogen) atoms. The lowest BCUT2D eigenvalue weighted by atomic mass is 10.3. The van der Waals surface area contributed by atoms with Gasteiger partial charge in [0.15, 0.2) is 0 Å². The quantitative estimate of drug-likeness (QED) is 0.723. The standard InChI is InChI=1S/C13H20N4O2S2/c1-9(2)14-8-12-4-5-13(20-12)21(18,19)16-7-11-6-15-17-10(11)3/h4-6,9,14,16H,7-8H2,1-3H3,(H,15,17). The van der Waals surface area contributed by atoms with Crippen LogP contribution in [0.25, 0.3) is 0 Å². The third kappa shape index (κ3) is 4.37. The van der Waals surface area contributed by atoms with Crippen LogP contribution in [0.1, 0.15) is 30.0 Å². The molecule has 0 atom stereocenters. The molecule has 0 fully saturated rings. The first kappa shape index (κ1) is 16.2. The Labute approximate surface area is 129 Å². The van der Waals surface area contributed by atoms with Crippen molar-refractivity contribution >= 4 is 21.4 Å². The monoisotopic (exact) mass is 328 g/mol. The van der Waals surface area contributed by atoms with E-state index in [1.807, 2.05) is 13.0 Å². The van der Waals surface area contributed by atoms with Gasteiger partial charge in [-0.25, -0.2) is 13.1 Å². The number of aromatic amines is 1. The minimum absolute atomic E-state index is 0.238. The predicted molar refractivity (Wildman–Crippen MR) is 83.6 cm³/mol. The van der Waals surface area contributed by atoms with E-state index in [1.165, 1.54) is 11.3 Å². The molecule has 0 radical (unpaired) electrons. The summed E-state index contributed by atoms with van der Waals surface area (Å²) in [7, 11) is -3.47. The van der Waals surface area contributed by atoms with E-state index in [9.17, 15) is 8.42 Å². The zero-order valence-corrected chi connectivity index (χ0v) is 13.9. The summed E-state index contributed by atoms with van der Waals surface area (Å²) in [6, 6.07) is 3.86. The molecule has 0 unspecified atom stereocenters. The van der Waals surface area contributed by atoms with Gasteiger partial charge in [-0.15, -0.1) is 11.3 Å². The van der Waals surface area contributed by atoms with Crippen molar-refractivity contribution in [1.29, 1.82) is 0 Å². The van der Waals surface area contributed by atoms with Crippen LogP contribution in [0, 0.1) is 6.92 Å². The van der Waals surface area contributed by atoms with E-state index >= 15 is 0 Å². The number of nitrogens with one attached hydrogen (secondary N) is 3. The Morgan fingerprint density at radius 2 is 2.10 bits per heavy atom. The summed E-state index contributed by atoms with van der Waals surface area (Å²) in [6.07, 6.45) is 1.63. The highest BCUT2D eigenvalue weighted by molar-refractivity contribution is 7.91. The highest BCUT2D eigenvalue weighted by atomic mass is 32.2. The zero-order valence-electron chi connectivity index (χ0n) is 12.3. The minimum atomic E-state index is -3.47.